The van der Waals surface area contributed by atoms with Crippen molar-refractivity contribution in [1.29, 1.82) is 0 Å². The fourth-order valence-electron chi connectivity index (χ4n) is 3.48. The maximum Gasteiger partial charge on any atom is 0.422 e. The largest absolute Gasteiger partial charge is 0.484 e. The summed E-state index contributed by atoms with van der Waals surface area (Å²) in [7, 11) is -6.42. The van der Waals surface area contributed by atoms with Gasteiger partial charge in [-0.25, -0.2) is 17.4 Å². The van der Waals surface area contributed by atoms with Gasteiger partial charge in [-0.1, -0.05) is 12.1 Å². The number of aromatic nitrogens is 3. The van der Waals surface area contributed by atoms with Gasteiger partial charge < -0.3 is 9.57 Å². The number of hydroxylamine groups is 1. The fourth-order valence-corrected chi connectivity index (χ4v) is 6.53. The molecule has 0 fully saturated rings. The van der Waals surface area contributed by atoms with Crippen LogP contribution in [0.1, 0.15) is 18.2 Å². The molecule has 2 aromatic carbocycles. The van der Waals surface area contributed by atoms with E-state index in [-0.39, 0.29) is 49.6 Å². The molecule has 10 nitrogen and oxygen atoms in total. The van der Waals surface area contributed by atoms with E-state index in [0.717, 1.165) is 3.97 Å². The standard InChI is InChI=1S/C24H21F3N4O6S2/c1-15-20(28-12-11-22(15)36-14-24(25,26)27)13-38(33)23-29-19-5-3-4-6-21(19)31(23)39(34,35)18-9-7-17(8-10-18)37-30-16(2)32/h3-12H,13-14H2,1-2H3,(H,30,32). The number of pyridine rings is 1. The van der Waals surface area contributed by atoms with E-state index in [9.17, 15) is 30.6 Å². The summed E-state index contributed by atoms with van der Waals surface area (Å²) in [5.41, 5.74) is 2.95. The number of amides is 1. The molecule has 4 aromatic rings. The van der Waals surface area contributed by atoms with E-state index in [2.05, 4.69) is 15.4 Å². The number of ether oxygens (including phenoxy) is 1. The first-order valence-corrected chi connectivity index (χ1v) is 13.9. The Morgan fingerprint density at radius 3 is 2.46 bits per heavy atom. The van der Waals surface area contributed by atoms with Gasteiger partial charge in [-0.3, -0.25) is 14.0 Å². The van der Waals surface area contributed by atoms with E-state index < -0.39 is 39.5 Å². The van der Waals surface area contributed by atoms with Gasteiger partial charge in [-0.15, -0.1) is 0 Å². The Labute approximate surface area is 223 Å². The van der Waals surface area contributed by atoms with Crippen LogP contribution >= 0.6 is 0 Å². The van der Waals surface area contributed by atoms with E-state index in [4.69, 9.17) is 9.57 Å². The molecule has 0 radical (unpaired) electrons. The molecule has 1 N–H and O–H groups in total. The minimum Gasteiger partial charge on any atom is -0.484 e. The zero-order chi connectivity index (χ0) is 28.4. The number of nitrogens with zero attached hydrogens (tertiary/aromatic N) is 3. The molecule has 0 saturated carbocycles. The third-order valence-corrected chi connectivity index (χ3v) is 8.34. The molecule has 2 aromatic heterocycles. The summed E-state index contributed by atoms with van der Waals surface area (Å²) in [5.74, 6) is -0.697. The molecule has 15 heteroatoms. The summed E-state index contributed by atoms with van der Waals surface area (Å²) in [6.45, 7) is 1.20. The van der Waals surface area contributed by atoms with Crippen LogP contribution in [0.5, 0.6) is 11.5 Å². The Bertz CT molecular complexity index is 1650. The van der Waals surface area contributed by atoms with Gasteiger partial charge in [-0.05, 0) is 49.4 Å². The monoisotopic (exact) mass is 582 g/mol. The predicted octanol–water partition coefficient (Wildman–Crippen LogP) is 3.66. The first-order valence-electron chi connectivity index (χ1n) is 11.2. The first-order chi connectivity index (χ1) is 18.4. The summed E-state index contributed by atoms with van der Waals surface area (Å²) in [5, 5.41) is -0.294. The van der Waals surface area contributed by atoms with Gasteiger partial charge in [0.05, 0.1) is 38.2 Å². The summed E-state index contributed by atoms with van der Waals surface area (Å²) in [4.78, 5) is 24.3. The Morgan fingerprint density at radius 2 is 1.79 bits per heavy atom. The average molecular weight is 583 g/mol. The molecule has 2 heterocycles. The Balaban J connectivity index is 1.70. The highest BCUT2D eigenvalue weighted by atomic mass is 32.2. The van der Waals surface area contributed by atoms with Crippen LogP contribution in [0.15, 0.2) is 70.8 Å². The number of imidazole rings is 1. The predicted molar refractivity (Wildman–Crippen MR) is 134 cm³/mol. The van der Waals surface area contributed by atoms with Gasteiger partial charge in [0.25, 0.3) is 10.0 Å². The fraction of sp³-hybridized carbons (Fsp3) is 0.208. The summed E-state index contributed by atoms with van der Waals surface area (Å²) < 4.78 is 84.5. The minimum absolute atomic E-state index is 0.0861. The zero-order valence-electron chi connectivity index (χ0n) is 20.4. The van der Waals surface area contributed by atoms with Gasteiger partial charge in [0.2, 0.25) is 11.1 Å². The van der Waals surface area contributed by atoms with E-state index in [0.29, 0.717) is 0 Å². The highest BCUT2D eigenvalue weighted by Crippen LogP contribution is 2.29. The normalized spacial score (nSPS) is 12.7. The van der Waals surface area contributed by atoms with Crippen molar-refractivity contribution in [2.24, 2.45) is 0 Å². The molecular weight excluding hydrogens is 561 g/mol. The van der Waals surface area contributed by atoms with Crippen LogP contribution in [0.3, 0.4) is 0 Å². The molecule has 0 aliphatic heterocycles. The third-order valence-electron chi connectivity index (χ3n) is 5.29. The zero-order valence-corrected chi connectivity index (χ0v) is 22.1. The number of nitrogens with one attached hydrogen (secondary N) is 1. The SMILES string of the molecule is CC(=O)NOc1ccc(S(=O)(=O)n2c(S(=O)Cc3nccc(OCC(F)(F)F)c3C)nc3ccccc32)cc1. The van der Waals surface area contributed by atoms with Crippen LogP contribution < -0.4 is 15.1 Å². The van der Waals surface area contributed by atoms with Crippen LogP contribution in [-0.2, 0) is 31.4 Å². The second kappa shape index (κ2) is 11.0. The Morgan fingerprint density at radius 1 is 1.10 bits per heavy atom. The molecule has 0 bridgehead atoms. The maximum atomic E-state index is 13.7. The number of carbonyl (C=O) groups is 1. The van der Waals surface area contributed by atoms with E-state index in [1.54, 1.807) is 18.2 Å². The van der Waals surface area contributed by atoms with Crippen molar-refractivity contribution in [2.45, 2.75) is 35.8 Å². The molecule has 206 valence electrons. The van der Waals surface area contributed by atoms with Crippen molar-refractivity contribution in [3.8, 4) is 11.5 Å². The molecule has 0 spiro atoms. The summed E-state index contributed by atoms with van der Waals surface area (Å²) in [6.07, 6.45) is -3.33. The van der Waals surface area contributed by atoms with E-state index in [1.807, 2.05) is 0 Å². The lowest BCUT2D eigenvalue weighted by Crippen LogP contribution is -2.23. The van der Waals surface area contributed by atoms with Crippen molar-refractivity contribution < 1.29 is 40.2 Å². The second-order valence-electron chi connectivity index (χ2n) is 8.16. The lowest BCUT2D eigenvalue weighted by molar-refractivity contribution is -0.153. The van der Waals surface area contributed by atoms with Gasteiger partial charge in [0.15, 0.2) is 12.4 Å². The first kappa shape index (κ1) is 28.0. The molecule has 0 aliphatic carbocycles. The number of benzene rings is 2. The van der Waals surface area contributed by atoms with Crippen LogP contribution in [0.2, 0.25) is 0 Å². The van der Waals surface area contributed by atoms with Gasteiger partial charge in [-0.2, -0.15) is 18.7 Å². The second-order valence-corrected chi connectivity index (χ2v) is 11.3. The molecule has 0 aliphatic rings. The van der Waals surface area contributed by atoms with Gasteiger partial charge in [0, 0.05) is 18.7 Å². The van der Waals surface area contributed by atoms with Crippen molar-refractivity contribution >= 4 is 37.8 Å². The molecule has 1 unspecified atom stereocenters. The minimum atomic E-state index is -4.55. The smallest absolute Gasteiger partial charge is 0.422 e. The Kier molecular flexibility index (Phi) is 7.92. The average Bonchev–Trinajstić information content (AvgIpc) is 3.28. The number of carbonyl (C=O) groups excluding carboxylic acids is 1. The number of para-hydroxylation sites is 2. The highest BCUT2D eigenvalue weighted by molar-refractivity contribution is 7.91. The van der Waals surface area contributed by atoms with Crippen molar-refractivity contribution in [1.82, 2.24) is 19.4 Å². The van der Waals surface area contributed by atoms with Crippen LogP contribution in [0.4, 0.5) is 13.2 Å². The quantitative estimate of drug-likeness (QED) is 0.296. The van der Waals surface area contributed by atoms with Crippen LogP contribution in [-0.4, -0.2) is 45.3 Å². The Hall–Kier alpha value is -3.98. The van der Waals surface area contributed by atoms with Gasteiger partial charge in [0.1, 0.15) is 5.75 Å². The highest BCUT2D eigenvalue weighted by Gasteiger charge is 2.30. The maximum absolute atomic E-state index is 13.7. The topological polar surface area (TPSA) is 129 Å². The van der Waals surface area contributed by atoms with Crippen LogP contribution in [0, 0.1) is 6.92 Å². The van der Waals surface area contributed by atoms with Crippen LogP contribution in [0.25, 0.3) is 11.0 Å². The number of rotatable bonds is 9. The van der Waals surface area contributed by atoms with Gasteiger partial charge >= 0.3 is 6.18 Å². The molecule has 4 rings (SSSR count). The molecular formula is C24H21F3N4O6S2. The number of alkyl halides is 3. The molecule has 0 saturated heterocycles. The summed E-state index contributed by atoms with van der Waals surface area (Å²) >= 11 is 0. The lowest BCUT2D eigenvalue weighted by Gasteiger charge is -2.14. The number of hydrogen-bond acceptors (Lipinski definition) is 8. The van der Waals surface area contributed by atoms with E-state index in [1.165, 1.54) is 56.4 Å². The molecule has 1 amide bonds. The third kappa shape index (κ3) is 6.37. The van der Waals surface area contributed by atoms with Crippen molar-refractivity contribution in [3.05, 3.63) is 72.1 Å². The van der Waals surface area contributed by atoms with Crippen molar-refractivity contribution in [2.75, 3.05) is 6.61 Å². The van der Waals surface area contributed by atoms with Crippen molar-refractivity contribution in [3.63, 3.8) is 0 Å². The lowest BCUT2D eigenvalue weighted by atomic mass is 10.2. The van der Waals surface area contributed by atoms with E-state index >= 15 is 0 Å². The molecule has 1 atom stereocenters. The summed E-state index contributed by atoms with van der Waals surface area (Å²) in [6, 6.07) is 12.7. The number of fused-ring (bicyclic) bond motifs is 1. The molecule has 39 heavy (non-hydrogen) atoms. The number of halogens is 3. The number of hydrogen-bond donors (Lipinski definition) is 1.